The van der Waals surface area contributed by atoms with E-state index < -0.39 is 23.2 Å². The van der Waals surface area contributed by atoms with Crippen LogP contribution in [0.15, 0.2) is 35.3 Å². The van der Waals surface area contributed by atoms with Crippen molar-refractivity contribution in [1.82, 2.24) is 14.5 Å². The molecular formula is C19H16BF2N3O4. The lowest BCUT2D eigenvalue weighted by molar-refractivity contribution is 0.0683. The van der Waals surface area contributed by atoms with Gasteiger partial charge >= 0.3 is 5.97 Å². The van der Waals surface area contributed by atoms with Crippen LogP contribution < -0.4 is 15.8 Å². The Balaban J connectivity index is 1.96. The third kappa shape index (κ3) is 4.01. The summed E-state index contributed by atoms with van der Waals surface area (Å²) in [6.45, 7) is 3.06. The number of aromatic carboxylic acids is 1. The van der Waals surface area contributed by atoms with Gasteiger partial charge in [-0.3, -0.25) is 9.36 Å². The van der Waals surface area contributed by atoms with E-state index in [0.29, 0.717) is 17.1 Å². The quantitative estimate of drug-likeness (QED) is 0.645. The molecule has 0 bridgehead atoms. The minimum absolute atomic E-state index is 0.154. The van der Waals surface area contributed by atoms with Crippen LogP contribution in [0.2, 0.25) is 0 Å². The van der Waals surface area contributed by atoms with Gasteiger partial charge in [0.15, 0.2) is 7.85 Å². The summed E-state index contributed by atoms with van der Waals surface area (Å²) in [6.07, 6.45) is 1.27. The number of carboxylic acids is 1. The molecule has 7 nitrogen and oxygen atoms in total. The first kappa shape index (κ1) is 20.2. The molecule has 0 saturated carbocycles. The zero-order chi connectivity index (χ0) is 21.3. The Bertz CT molecular complexity index is 1180. The second-order valence-electron chi connectivity index (χ2n) is 6.41. The van der Waals surface area contributed by atoms with E-state index in [1.54, 1.807) is 27.8 Å². The molecule has 0 saturated heterocycles. The summed E-state index contributed by atoms with van der Waals surface area (Å²) in [7, 11) is 1.55. The van der Waals surface area contributed by atoms with Crippen LogP contribution in [0, 0.1) is 25.5 Å². The summed E-state index contributed by atoms with van der Waals surface area (Å²) in [5.41, 5.74) is 1.17. The maximum atomic E-state index is 13.8. The predicted octanol–water partition coefficient (Wildman–Crippen LogP) is 1.06. The van der Waals surface area contributed by atoms with Crippen molar-refractivity contribution in [3.63, 3.8) is 0 Å². The first-order chi connectivity index (χ1) is 13.7. The van der Waals surface area contributed by atoms with Gasteiger partial charge in [0, 0.05) is 22.8 Å². The zero-order valence-electron chi connectivity index (χ0n) is 15.9. The number of pyridine rings is 1. The van der Waals surface area contributed by atoms with Gasteiger partial charge in [0.2, 0.25) is 5.82 Å². The van der Waals surface area contributed by atoms with Crippen molar-refractivity contribution < 1.29 is 23.4 Å². The van der Waals surface area contributed by atoms with Crippen molar-refractivity contribution in [2.24, 2.45) is 0 Å². The van der Waals surface area contributed by atoms with E-state index in [1.807, 2.05) is 0 Å². The number of hydrogen-bond acceptors (Lipinski definition) is 5. The van der Waals surface area contributed by atoms with Crippen molar-refractivity contribution in [3.05, 3.63) is 75.2 Å². The average molecular weight is 399 g/mol. The van der Waals surface area contributed by atoms with E-state index >= 15 is 0 Å². The molecule has 2 heterocycles. The van der Waals surface area contributed by atoms with Crippen LogP contribution in [0.4, 0.5) is 8.78 Å². The number of benzene rings is 1. The van der Waals surface area contributed by atoms with Crippen LogP contribution in [0.3, 0.4) is 0 Å². The smallest absolute Gasteiger partial charge is 0.373 e. The van der Waals surface area contributed by atoms with Gasteiger partial charge in [-0.1, -0.05) is 0 Å². The highest BCUT2D eigenvalue weighted by Gasteiger charge is 2.17. The number of aryl methyl sites for hydroxylation is 2. The number of carbonyl (C=O) groups is 1. The molecule has 0 unspecified atom stereocenters. The van der Waals surface area contributed by atoms with Gasteiger partial charge in [-0.25, -0.2) is 23.5 Å². The molecule has 0 aliphatic carbocycles. The van der Waals surface area contributed by atoms with Crippen molar-refractivity contribution in [2.45, 2.75) is 20.5 Å². The standard InChI is InChI=1S/C19H16BF2N3O4/c1-9-5-15(29-8-11-3-4-12(21)6-13(11)22)16(20)18(26)25(9)14-7-23-17(19(27)28)24-10(14)2/h3-7H,8,20H2,1-2H3,(H,27,28). The molecule has 0 amide bonds. The molecule has 10 heteroatoms. The number of carboxylic acid groups (broad SMARTS) is 1. The van der Waals surface area contributed by atoms with Crippen LogP contribution in [-0.2, 0) is 6.61 Å². The molecule has 0 atom stereocenters. The maximum absolute atomic E-state index is 13.8. The summed E-state index contributed by atoms with van der Waals surface area (Å²) in [5.74, 6) is -2.80. The molecule has 1 aromatic carbocycles. The highest BCUT2D eigenvalue weighted by Crippen LogP contribution is 2.17. The summed E-state index contributed by atoms with van der Waals surface area (Å²) in [6, 6.07) is 4.77. The minimum atomic E-state index is -1.27. The molecule has 29 heavy (non-hydrogen) atoms. The number of ether oxygens (including phenoxy) is 1. The molecule has 3 rings (SSSR count). The Morgan fingerprint density at radius 1 is 1.28 bits per heavy atom. The molecule has 0 aliphatic heterocycles. The third-order valence-corrected chi connectivity index (χ3v) is 4.37. The zero-order valence-corrected chi connectivity index (χ0v) is 15.9. The van der Waals surface area contributed by atoms with Crippen molar-refractivity contribution >= 4 is 19.3 Å². The van der Waals surface area contributed by atoms with Crippen molar-refractivity contribution in [2.75, 3.05) is 0 Å². The Labute approximate surface area is 165 Å². The molecule has 0 radical (unpaired) electrons. The summed E-state index contributed by atoms with van der Waals surface area (Å²) in [4.78, 5) is 31.6. The predicted molar refractivity (Wildman–Crippen MR) is 103 cm³/mol. The lowest BCUT2D eigenvalue weighted by atomic mass is 9.96. The van der Waals surface area contributed by atoms with Crippen LogP contribution in [0.1, 0.15) is 27.6 Å². The summed E-state index contributed by atoms with van der Waals surface area (Å²) in [5, 5.41) is 8.99. The van der Waals surface area contributed by atoms with E-state index in [1.165, 1.54) is 16.8 Å². The lowest BCUT2D eigenvalue weighted by Crippen LogP contribution is -2.36. The Kier molecular flexibility index (Phi) is 5.45. The van der Waals surface area contributed by atoms with E-state index in [0.717, 1.165) is 12.1 Å². The maximum Gasteiger partial charge on any atom is 0.373 e. The fraction of sp³-hybridized carbons (Fsp3) is 0.158. The second-order valence-corrected chi connectivity index (χ2v) is 6.41. The summed E-state index contributed by atoms with van der Waals surface area (Å²) < 4.78 is 33.8. The second kappa shape index (κ2) is 7.82. The Morgan fingerprint density at radius 2 is 2.00 bits per heavy atom. The van der Waals surface area contributed by atoms with E-state index in [-0.39, 0.29) is 29.2 Å². The van der Waals surface area contributed by atoms with Crippen LogP contribution >= 0.6 is 0 Å². The molecule has 0 fully saturated rings. The van der Waals surface area contributed by atoms with Crippen LogP contribution in [-0.4, -0.2) is 33.5 Å². The van der Waals surface area contributed by atoms with E-state index in [2.05, 4.69) is 9.97 Å². The van der Waals surface area contributed by atoms with Gasteiger partial charge in [-0.2, -0.15) is 0 Å². The molecule has 2 aromatic heterocycles. The molecule has 1 N–H and O–H groups in total. The van der Waals surface area contributed by atoms with E-state index in [9.17, 15) is 18.4 Å². The van der Waals surface area contributed by atoms with E-state index in [4.69, 9.17) is 9.84 Å². The number of aromatic nitrogens is 3. The average Bonchev–Trinajstić information content (AvgIpc) is 2.65. The molecule has 3 aromatic rings. The van der Waals surface area contributed by atoms with Gasteiger partial charge in [-0.15, -0.1) is 0 Å². The Morgan fingerprint density at radius 3 is 2.62 bits per heavy atom. The summed E-state index contributed by atoms with van der Waals surface area (Å²) >= 11 is 0. The fourth-order valence-electron chi connectivity index (χ4n) is 2.82. The van der Waals surface area contributed by atoms with Gasteiger partial charge in [0.1, 0.15) is 24.0 Å². The normalized spacial score (nSPS) is 10.8. The highest BCUT2D eigenvalue weighted by molar-refractivity contribution is 6.34. The third-order valence-electron chi connectivity index (χ3n) is 4.37. The largest absolute Gasteiger partial charge is 0.489 e. The van der Waals surface area contributed by atoms with Gasteiger partial charge < -0.3 is 9.84 Å². The van der Waals surface area contributed by atoms with Crippen LogP contribution in [0.25, 0.3) is 5.69 Å². The topological polar surface area (TPSA) is 94.3 Å². The first-order valence-corrected chi connectivity index (χ1v) is 8.56. The monoisotopic (exact) mass is 399 g/mol. The molecule has 0 spiro atoms. The van der Waals surface area contributed by atoms with Gasteiger partial charge in [-0.05, 0) is 32.0 Å². The van der Waals surface area contributed by atoms with Crippen molar-refractivity contribution in [1.29, 1.82) is 0 Å². The lowest BCUT2D eigenvalue weighted by Gasteiger charge is -2.16. The highest BCUT2D eigenvalue weighted by atomic mass is 19.1. The number of halogens is 2. The first-order valence-electron chi connectivity index (χ1n) is 8.56. The molecular weight excluding hydrogens is 383 g/mol. The fourth-order valence-corrected chi connectivity index (χ4v) is 2.82. The minimum Gasteiger partial charge on any atom is -0.489 e. The van der Waals surface area contributed by atoms with Gasteiger partial charge in [0.05, 0.1) is 17.6 Å². The SMILES string of the molecule is Bc1c(OCc2ccc(F)cc2F)cc(C)n(-c2cnc(C(=O)O)nc2C)c1=O. The molecule has 0 aliphatic rings. The van der Waals surface area contributed by atoms with Crippen molar-refractivity contribution in [3.8, 4) is 11.4 Å². The van der Waals surface area contributed by atoms with Crippen LogP contribution in [0.5, 0.6) is 5.75 Å². The number of hydrogen-bond donors (Lipinski definition) is 1. The van der Waals surface area contributed by atoms with Gasteiger partial charge in [0.25, 0.3) is 5.56 Å². The molecule has 148 valence electrons. The Hall–Kier alpha value is -3.56. The number of rotatable bonds is 5. The number of nitrogens with zero attached hydrogens (tertiary/aromatic N) is 3.